The molecule has 0 aromatic rings. The molecule has 0 amide bonds. The minimum atomic E-state index is 0.161. The van der Waals surface area contributed by atoms with Gasteiger partial charge < -0.3 is 0 Å². The van der Waals surface area contributed by atoms with Crippen molar-refractivity contribution < 1.29 is 0 Å². The zero-order valence-electron chi connectivity index (χ0n) is 12.2. The molecule has 100 valence electrons. The van der Waals surface area contributed by atoms with Gasteiger partial charge in [-0.05, 0) is 36.2 Å². The number of unbranched alkanes of at least 4 members (excludes halogenated alkanes) is 1. The van der Waals surface area contributed by atoms with Gasteiger partial charge >= 0.3 is 0 Å². The molecule has 0 spiro atoms. The molecule has 0 bridgehead atoms. The lowest BCUT2D eigenvalue weighted by atomic mass is 9.69. The van der Waals surface area contributed by atoms with Crippen LogP contribution in [-0.4, -0.2) is 6.21 Å². The van der Waals surface area contributed by atoms with Crippen LogP contribution in [0.15, 0.2) is 41.6 Å². The zero-order chi connectivity index (χ0) is 13.4. The van der Waals surface area contributed by atoms with Gasteiger partial charge in [-0.3, -0.25) is 4.99 Å². The second-order valence-electron chi connectivity index (χ2n) is 5.45. The number of nitrogens with zero attached hydrogens (tertiary/aromatic N) is 1. The molecule has 0 saturated heterocycles. The van der Waals surface area contributed by atoms with Crippen molar-refractivity contribution in [3.63, 3.8) is 0 Å². The Bertz CT molecular complexity index is 349. The topological polar surface area (TPSA) is 12.4 Å². The summed E-state index contributed by atoms with van der Waals surface area (Å²) in [5, 5.41) is 0. The van der Waals surface area contributed by atoms with Crippen LogP contribution in [0.5, 0.6) is 0 Å². The Labute approximate surface area is 112 Å². The van der Waals surface area contributed by atoms with Gasteiger partial charge in [-0.15, -0.1) is 0 Å². The van der Waals surface area contributed by atoms with Crippen molar-refractivity contribution in [2.75, 3.05) is 0 Å². The van der Waals surface area contributed by atoms with E-state index in [1.165, 1.54) is 24.8 Å². The second kappa shape index (κ2) is 7.35. The van der Waals surface area contributed by atoms with E-state index in [4.69, 9.17) is 0 Å². The Morgan fingerprint density at radius 2 is 2.17 bits per heavy atom. The van der Waals surface area contributed by atoms with E-state index in [9.17, 15) is 0 Å². The summed E-state index contributed by atoms with van der Waals surface area (Å²) in [4.78, 5) is 4.30. The van der Waals surface area contributed by atoms with Crippen molar-refractivity contribution >= 4 is 6.21 Å². The van der Waals surface area contributed by atoms with Gasteiger partial charge in [0.05, 0.1) is 0 Å². The minimum Gasteiger partial charge on any atom is -0.265 e. The average molecular weight is 245 g/mol. The Kier molecular flexibility index (Phi) is 6.11. The van der Waals surface area contributed by atoms with Crippen molar-refractivity contribution in [2.24, 2.45) is 16.3 Å². The number of aliphatic imine (C=N–C) groups is 1. The van der Waals surface area contributed by atoms with Crippen LogP contribution in [0.4, 0.5) is 0 Å². The molecule has 0 N–H and O–H groups in total. The average Bonchev–Trinajstić information content (AvgIpc) is 2.48. The van der Waals surface area contributed by atoms with Crippen LogP contribution in [0.2, 0.25) is 0 Å². The highest BCUT2D eigenvalue weighted by atomic mass is 14.7. The molecule has 1 heteroatoms. The van der Waals surface area contributed by atoms with Gasteiger partial charge in [0, 0.05) is 12.4 Å². The first-order valence-electron chi connectivity index (χ1n) is 7.18. The standard InChI is InChI=1S/C17H27N/c1-5-7-9-11-17(4)12-13-18-14-15(3)16(17)10-8-6-2/h7,9,12-14,16H,3,5-6,8,10-11H2,1-2,4H3/b9-7-. The maximum atomic E-state index is 4.30. The third kappa shape index (κ3) is 3.97. The van der Waals surface area contributed by atoms with Gasteiger partial charge in [-0.2, -0.15) is 0 Å². The van der Waals surface area contributed by atoms with Gasteiger partial charge in [0.25, 0.3) is 0 Å². The van der Waals surface area contributed by atoms with E-state index in [0.29, 0.717) is 5.92 Å². The van der Waals surface area contributed by atoms with Crippen LogP contribution in [-0.2, 0) is 0 Å². The quantitative estimate of drug-likeness (QED) is 0.562. The third-order valence-electron chi connectivity index (χ3n) is 3.83. The normalized spacial score (nSPS) is 27.9. The van der Waals surface area contributed by atoms with Crippen LogP contribution in [0, 0.1) is 11.3 Å². The number of rotatable bonds is 6. The summed E-state index contributed by atoms with van der Waals surface area (Å²) in [6.45, 7) is 11.0. The van der Waals surface area contributed by atoms with Gasteiger partial charge in [0.1, 0.15) is 0 Å². The molecule has 1 rings (SSSR count). The molecule has 2 unspecified atom stereocenters. The van der Waals surface area contributed by atoms with Crippen LogP contribution in [0.3, 0.4) is 0 Å². The molecule has 1 aliphatic rings. The summed E-state index contributed by atoms with van der Waals surface area (Å²) in [5.41, 5.74) is 1.34. The molecule has 1 heterocycles. The molecule has 1 nitrogen and oxygen atoms in total. The number of hydrogen-bond donors (Lipinski definition) is 0. The Morgan fingerprint density at radius 3 is 2.83 bits per heavy atom. The molecular formula is C17H27N. The summed E-state index contributed by atoms with van der Waals surface area (Å²) < 4.78 is 0. The predicted molar refractivity (Wildman–Crippen MR) is 81.9 cm³/mol. The largest absolute Gasteiger partial charge is 0.265 e. The molecule has 1 aliphatic heterocycles. The van der Waals surface area contributed by atoms with Gasteiger partial charge in [-0.1, -0.05) is 58.4 Å². The third-order valence-corrected chi connectivity index (χ3v) is 3.83. The van der Waals surface area contributed by atoms with Crippen LogP contribution >= 0.6 is 0 Å². The van der Waals surface area contributed by atoms with Crippen molar-refractivity contribution in [3.05, 3.63) is 36.6 Å². The Balaban J connectivity index is 2.87. The van der Waals surface area contributed by atoms with E-state index in [0.717, 1.165) is 12.8 Å². The van der Waals surface area contributed by atoms with Crippen LogP contribution in [0.1, 0.15) is 52.9 Å². The highest BCUT2D eigenvalue weighted by Gasteiger charge is 2.32. The molecule has 0 aromatic carbocycles. The lowest BCUT2D eigenvalue weighted by Gasteiger charge is -2.34. The highest BCUT2D eigenvalue weighted by molar-refractivity contribution is 5.79. The van der Waals surface area contributed by atoms with Gasteiger partial charge in [0.15, 0.2) is 0 Å². The van der Waals surface area contributed by atoms with Crippen molar-refractivity contribution in [1.29, 1.82) is 0 Å². The summed E-state index contributed by atoms with van der Waals surface area (Å²) >= 11 is 0. The minimum absolute atomic E-state index is 0.161. The zero-order valence-corrected chi connectivity index (χ0v) is 12.2. The summed E-state index contributed by atoms with van der Waals surface area (Å²) in [5.74, 6) is 0.515. The summed E-state index contributed by atoms with van der Waals surface area (Å²) in [6.07, 6.45) is 16.6. The van der Waals surface area contributed by atoms with E-state index in [-0.39, 0.29) is 5.41 Å². The van der Waals surface area contributed by atoms with Gasteiger partial charge in [0.2, 0.25) is 0 Å². The number of hydrogen-bond acceptors (Lipinski definition) is 1. The number of allylic oxidation sites excluding steroid dienone is 4. The maximum absolute atomic E-state index is 4.30. The van der Waals surface area contributed by atoms with E-state index in [2.05, 4.69) is 50.6 Å². The lowest BCUT2D eigenvalue weighted by Crippen LogP contribution is -2.26. The first-order chi connectivity index (χ1) is 8.64. The maximum Gasteiger partial charge on any atom is 0.0296 e. The van der Waals surface area contributed by atoms with Crippen molar-refractivity contribution in [2.45, 2.75) is 52.9 Å². The van der Waals surface area contributed by atoms with E-state index in [1.54, 1.807) is 0 Å². The molecule has 0 saturated carbocycles. The van der Waals surface area contributed by atoms with E-state index in [1.807, 2.05) is 12.4 Å². The van der Waals surface area contributed by atoms with Crippen molar-refractivity contribution in [1.82, 2.24) is 0 Å². The fourth-order valence-corrected chi connectivity index (χ4v) is 2.62. The molecule has 2 atom stereocenters. The molecular weight excluding hydrogens is 218 g/mol. The Hall–Kier alpha value is -1.11. The summed E-state index contributed by atoms with van der Waals surface area (Å²) in [6, 6.07) is 0. The SMILES string of the molecule is C=C1C=NC=CC(C)(C/C=C\CC)C1CCCC. The Morgan fingerprint density at radius 1 is 1.39 bits per heavy atom. The monoisotopic (exact) mass is 245 g/mol. The fraction of sp³-hybridized carbons (Fsp3) is 0.588. The molecule has 18 heavy (non-hydrogen) atoms. The van der Waals surface area contributed by atoms with E-state index >= 15 is 0 Å². The molecule has 0 radical (unpaired) electrons. The smallest absolute Gasteiger partial charge is 0.0296 e. The first-order valence-corrected chi connectivity index (χ1v) is 7.18. The molecule has 0 aromatic heterocycles. The van der Waals surface area contributed by atoms with E-state index < -0.39 is 0 Å². The molecule has 0 fully saturated rings. The van der Waals surface area contributed by atoms with Crippen LogP contribution in [0.25, 0.3) is 0 Å². The molecule has 0 aliphatic carbocycles. The van der Waals surface area contributed by atoms with Gasteiger partial charge in [-0.25, -0.2) is 0 Å². The highest BCUT2D eigenvalue weighted by Crippen LogP contribution is 2.41. The summed E-state index contributed by atoms with van der Waals surface area (Å²) in [7, 11) is 0. The fourth-order valence-electron chi connectivity index (χ4n) is 2.62. The second-order valence-corrected chi connectivity index (χ2v) is 5.45. The van der Waals surface area contributed by atoms with Crippen molar-refractivity contribution in [3.8, 4) is 0 Å². The lowest BCUT2D eigenvalue weighted by molar-refractivity contribution is 0.284. The van der Waals surface area contributed by atoms with Crippen LogP contribution < -0.4 is 0 Å². The first kappa shape index (κ1) is 14.9. The predicted octanol–water partition coefficient (Wildman–Crippen LogP) is 5.31.